The molecule has 27 heavy (non-hydrogen) atoms. The van der Waals surface area contributed by atoms with E-state index in [2.05, 4.69) is 15.6 Å². The lowest BCUT2D eigenvalue weighted by Crippen LogP contribution is -2.24. The van der Waals surface area contributed by atoms with Crippen LogP contribution in [0.2, 0.25) is 0 Å². The highest BCUT2D eigenvalue weighted by Gasteiger charge is 2.09. The van der Waals surface area contributed by atoms with Crippen LogP contribution in [0.1, 0.15) is 33.3 Å². The number of rotatable bonds is 6. The summed E-state index contributed by atoms with van der Waals surface area (Å²) in [6.07, 6.45) is 1.53. The molecule has 0 unspecified atom stereocenters. The first kappa shape index (κ1) is 18.3. The molecule has 136 valence electrons. The van der Waals surface area contributed by atoms with Crippen LogP contribution >= 0.6 is 0 Å². The first-order valence-corrected chi connectivity index (χ1v) is 8.38. The number of nitrogens with zero attached hydrogens (tertiary/aromatic N) is 1. The van der Waals surface area contributed by atoms with E-state index in [0.717, 1.165) is 5.69 Å². The number of halogens is 1. The van der Waals surface area contributed by atoms with Gasteiger partial charge in [-0.1, -0.05) is 30.3 Å². The Morgan fingerprint density at radius 1 is 1.00 bits per heavy atom. The van der Waals surface area contributed by atoms with E-state index in [1.54, 1.807) is 48.5 Å². The van der Waals surface area contributed by atoms with Gasteiger partial charge in [-0.25, -0.2) is 9.37 Å². The molecule has 2 aromatic carbocycles. The largest absolute Gasteiger partial charge is 0.354 e. The van der Waals surface area contributed by atoms with Gasteiger partial charge in [0.1, 0.15) is 11.5 Å². The number of amides is 1. The van der Waals surface area contributed by atoms with Gasteiger partial charge in [-0.15, -0.1) is 0 Å². The van der Waals surface area contributed by atoms with Crippen molar-refractivity contribution in [2.75, 3.05) is 5.32 Å². The number of nitrogens with one attached hydrogen (secondary N) is 2. The summed E-state index contributed by atoms with van der Waals surface area (Å²) in [7, 11) is 0. The van der Waals surface area contributed by atoms with Crippen molar-refractivity contribution in [3.8, 4) is 0 Å². The van der Waals surface area contributed by atoms with E-state index in [-0.39, 0.29) is 29.7 Å². The number of hydrogen-bond donors (Lipinski definition) is 2. The van der Waals surface area contributed by atoms with E-state index < -0.39 is 0 Å². The third-order valence-electron chi connectivity index (χ3n) is 3.95. The van der Waals surface area contributed by atoms with Gasteiger partial charge in [-0.2, -0.15) is 0 Å². The number of hydrogen-bond acceptors (Lipinski definition) is 4. The topological polar surface area (TPSA) is 71.1 Å². The zero-order chi connectivity index (χ0) is 19.2. The minimum atomic E-state index is -0.386. The van der Waals surface area contributed by atoms with E-state index in [1.807, 2.05) is 6.07 Å². The van der Waals surface area contributed by atoms with Crippen LogP contribution in [0.4, 0.5) is 15.8 Å². The minimum Gasteiger partial charge on any atom is -0.354 e. The second-order valence-electron chi connectivity index (χ2n) is 5.97. The monoisotopic (exact) mass is 363 g/mol. The highest BCUT2D eigenvalue weighted by Crippen LogP contribution is 2.17. The Bertz CT molecular complexity index is 971. The maximum atomic E-state index is 13.6. The quantitative estimate of drug-likeness (QED) is 0.647. The molecule has 0 atom stereocenters. The van der Waals surface area contributed by atoms with E-state index in [9.17, 15) is 14.0 Å². The molecule has 0 bridgehead atoms. The number of aromatic nitrogens is 1. The summed E-state index contributed by atoms with van der Waals surface area (Å²) in [5, 5.41) is 5.78. The van der Waals surface area contributed by atoms with E-state index in [4.69, 9.17) is 0 Å². The number of pyridine rings is 1. The smallest absolute Gasteiger partial charge is 0.270 e. The van der Waals surface area contributed by atoms with Crippen LogP contribution in [0.5, 0.6) is 0 Å². The van der Waals surface area contributed by atoms with Gasteiger partial charge in [0.2, 0.25) is 0 Å². The maximum absolute atomic E-state index is 13.6. The number of anilines is 2. The summed E-state index contributed by atoms with van der Waals surface area (Å²) in [5.74, 6) is -0.764. The second kappa shape index (κ2) is 8.23. The normalized spacial score (nSPS) is 10.3. The summed E-state index contributed by atoms with van der Waals surface area (Å²) in [6.45, 7) is 1.60. The van der Waals surface area contributed by atoms with Gasteiger partial charge >= 0.3 is 0 Å². The molecule has 0 radical (unpaired) electrons. The molecule has 5 nitrogen and oxygen atoms in total. The Morgan fingerprint density at radius 2 is 1.81 bits per heavy atom. The molecule has 1 heterocycles. The predicted octanol–water partition coefficient (Wildman–Crippen LogP) is 4.10. The zero-order valence-corrected chi connectivity index (χ0v) is 14.7. The molecule has 0 fully saturated rings. The summed E-state index contributed by atoms with van der Waals surface area (Å²) in [4.78, 5) is 27.7. The predicted molar refractivity (Wildman–Crippen MR) is 102 cm³/mol. The molecule has 6 heteroatoms. The number of benzene rings is 2. The summed E-state index contributed by atoms with van der Waals surface area (Å²) >= 11 is 0. The van der Waals surface area contributed by atoms with Crippen molar-refractivity contribution >= 4 is 23.1 Å². The number of Topliss-reactive ketones (excluding diaryl/α,β-unsaturated/α-hetero) is 1. The third kappa shape index (κ3) is 4.76. The van der Waals surface area contributed by atoms with Crippen molar-refractivity contribution in [2.45, 2.75) is 13.5 Å². The Labute approximate surface area is 156 Å². The van der Waals surface area contributed by atoms with Gasteiger partial charge < -0.3 is 10.6 Å². The van der Waals surface area contributed by atoms with Gasteiger partial charge in [0.05, 0.1) is 11.9 Å². The Hall–Kier alpha value is -3.54. The lowest BCUT2D eigenvalue weighted by Gasteiger charge is -2.09. The van der Waals surface area contributed by atoms with Gasteiger partial charge in [0.25, 0.3) is 5.91 Å². The first-order valence-electron chi connectivity index (χ1n) is 8.38. The molecule has 0 aliphatic carbocycles. The third-order valence-corrected chi connectivity index (χ3v) is 3.95. The van der Waals surface area contributed by atoms with E-state index in [1.165, 1.54) is 19.2 Å². The maximum Gasteiger partial charge on any atom is 0.270 e. The van der Waals surface area contributed by atoms with Gasteiger partial charge in [-0.3, -0.25) is 9.59 Å². The molecule has 3 rings (SSSR count). The van der Waals surface area contributed by atoms with Crippen LogP contribution in [0.15, 0.2) is 66.9 Å². The van der Waals surface area contributed by atoms with Crippen molar-refractivity contribution in [3.05, 3.63) is 89.5 Å². The van der Waals surface area contributed by atoms with Crippen LogP contribution < -0.4 is 10.6 Å². The average molecular weight is 363 g/mol. The lowest BCUT2D eigenvalue weighted by molar-refractivity contribution is 0.0944. The number of carbonyl (C=O) groups is 2. The van der Waals surface area contributed by atoms with Crippen molar-refractivity contribution in [1.82, 2.24) is 10.3 Å². The molecule has 1 aromatic heterocycles. The van der Waals surface area contributed by atoms with Crippen molar-refractivity contribution < 1.29 is 14.0 Å². The van der Waals surface area contributed by atoms with Gasteiger partial charge in [0.15, 0.2) is 5.78 Å². The molecule has 0 saturated heterocycles. The fourth-order valence-electron chi connectivity index (χ4n) is 2.49. The second-order valence-corrected chi connectivity index (χ2v) is 5.97. The summed E-state index contributed by atoms with van der Waals surface area (Å²) in [6, 6.07) is 16.7. The van der Waals surface area contributed by atoms with Crippen LogP contribution in [0.3, 0.4) is 0 Å². The minimum absolute atomic E-state index is 0.0151. The zero-order valence-electron chi connectivity index (χ0n) is 14.7. The van der Waals surface area contributed by atoms with E-state index >= 15 is 0 Å². The highest BCUT2D eigenvalue weighted by atomic mass is 19.1. The van der Waals surface area contributed by atoms with Crippen LogP contribution in [0, 0.1) is 5.82 Å². The van der Waals surface area contributed by atoms with E-state index in [0.29, 0.717) is 16.8 Å². The van der Waals surface area contributed by atoms with Gasteiger partial charge in [-0.05, 0) is 37.3 Å². The molecular formula is C21H18FN3O2. The fourth-order valence-corrected chi connectivity index (χ4v) is 2.49. The molecule has 0 aliphatic heterocycles. The molecule has 1 amide bonds. The average Bonchev–Trinajstić information content (AvgIpc) is 2.68. The molecule has 0 aliphatic rings. The molecule has 3 aromatic rings. The standard InChI is InChI=1S/C21H18FN3O2/c1-14(26)15-6-4-7-17(11-15)25-18-9-10-20(23-13-18)21(27)24-12-16-5-2-3-8-19(16)22/h2-11,13,25H,12H2,1H3,(H,24,27). The van der Waals surface area contributed by atoms with Gasteiger partial charge in [0, 0.05) is 23.4 Å². The molecule has 0 saturated carbocycles. The van der Waals surface area contributed by atoms with Crippen molar-refractivity contribution in [2.24, 2.45) is 0 Å². The fraction of sp³-hybridized carbons (Fsp3) is 0.0952. The molecular weight excluding hydrogens is 345 g/mol. The Kier molecular flexibility index (Phi) is 5.56. The summed E-state index contributed by atoms with van der Waals surface area (Å²) in [5.41, 5.74) is 2.68. The summed E-state index contributed by atoms with van der Waals surface area (Å²) < 4.78 is 13.6. The Balaban J connectivity index is 1.63. The molecule has 0 spiro atoms. The van der Waals surface area contributed by atoms with Crippen LogP contribution in [-0.2, 0) is 6.54 Å². The van der Waals surface area contributed by atoms with Crippen LogP contribution in [-0.4, -0.2) is 16.7 Å². The highest BCUT2D eigenvalue weighted by molar-refractivity contribution is 5.95. The molecule has 2 N–H and O–H groups in total. The SMILES string of the molecule is CC(=O)c1cccc(Nc2ccc(C(=O)NCc3ccccc3F)nc2)c1. The lowest BCUT2D eigenvalue weighted by atomic mass is 10.1. The van der Waals surface area contributed by atoms with Crippen LogP contribution in [0.25, 0.3) is 0 Å². The first-order chi connectivity index (χ1) is 13.0. The number of ketones is 1. The Morgan fingerprint density at radius 3 is 2.52 bits per heavy atom. The van der Waals surface area contributed by atoms with Crippen molar-refractivity contribution in [1.29, 1.82) is 0 Å². The number of carbonyl (C=O) groups excluding carboxylic acids is 2. The van der Waals surface area contributed by atoms with Crippen molar-refractivity contribution in [3.63, 3.8) is 0 Å².